The Morgan fingerprint density at radius 3 is 2.78 bits per heavy atom. The molecule has 0 bridgehead atoms. The molecule has 2 aliphatic rings. The molecule has 1 saturated carbocycles. The van der Waals surface area contributed by atoms with Crippen LogP contribution in [-0.2, 0) is 5.75 Å². The minimum atomic E-state index is 0.582. The zero-order chi connectivity index (χ0) is 18.1. The summed E-state index contributed by atoms with van der Waals surface area (Å²) in [6, 6.07) is 6.51. The molecule has 0 atom stereocenters. The third-order valence-corrected chi connectivity index (χ3v) is 6.87. The quantitative estimate of drug-likeness (QED) is 0.573. The standard InChI is InChI=1S/C19H22N6S2/c1-4-10-24(11-5-1)18-22-23-19(25(18)15-7-8-15)27-13-14-12-26-17(21-14)16-6-2-3-9-20-16/h2-3,6,9,12,15H,1,4-5,7-8,10-11,13H2. The molecule has 6 nitrogen and oxygen atoms in total. The highest BCUT2D eigenvalue weighted by atomic mass is 32.2. The van der Waals surface area contributed by atoms with Crippen molar-refractivity contribution in [2.45, 2.75) is 49.1 Å². The number of aromatic nitrogens is 5. The van der Waals surface area contributed by atoms with Crippen LogP contribution >= 0.6 is 23.1 Å². The molecule has 0 spiro atoms. The van der Waals surface area contributed by atoms with Crippen molar-refractivity contribution >= 4 is 29.0 Å². The molecule has 3 aromatic rings. The molecule has 140 valence electrons. The summed E-state index contributed by atoms with van der Waals surface area (Å²) in [4.78, 5) is 11.6. The first-order chi connectivity index (χ1) is 13.4. The molecule has 2 fully saturated rings. The lowest BCUT2D eigenvalue weighted by Gasteiger charge is -2.27. The van der Waals surface area contributed by atoms with E-state index in [-0.39, 0.29) is 0 Å². The van der Waals surface area contributed by atoms with Crippen LogP contribution in [0.25, 0.3) is 10.7 Å². The van der Waals surface area contributed by atoms with Gasteiger partial charge in [0, 0.05) is 36.5 Å². The van der Waals surface area contributed by atoms with Gasteiger partial charge in [-0.3, -0.25) is 9.55 Å². The van der Waals surface area contributed by atoms with Crippen LogP contribution in [0.3, 0.4) is 0 Å². The molecule has 1 aliphatic heterocycles. The zero-order valence-electron chi connectivity index (χ0n) is 15.1. The van der Waals surface area contributed by atoms with Crippen molar-refractivity contribution in [3.63, 3.8) is 0 Å². The lowest BCUT2D eigenvalue weighted by atomic mass is 10.1. The van der Waals surface area contributed by atoms with Gasteiger partial charge in [-0.25, -0.2) is 4.98 Å². The van der Waals surface area contributed by atoms with Gasteiger partial charge in [0.1, 0.15) is 5.01 Å². The SMILES string of the molecule is c1ccc(-c2nc(CSc3nnc(N4CCCCC4)n3C3CC3)cs2)nc1. The van der Waals surface area contributed by atoms with Crippen LogP contribution in [0.4, 0.5) is 5.95 Å². The summed E-state index contributed by atoms with van der Waals surface area (Å²) in [7, 11) is 0. The molecule has 27 heavy (non-hydrogen) atoms. The number of piperidine rings is 1. The Kier molecular flexibility index (Phi) is 4.83. The van der Waals surface area contributed by atoms with Crippen LogP contribution in [0.5, 0.6) is 0 Å². The maximum atomic E-state index is 4.75. The Bertz CT molecular complexity index is 896. The maximum absolute atomic E-state index is 4.75. The first-order valence-corrected chi connectivity index (χ1v) is 11.4. The lowest BCUT2D eigenvalue weighted by Crippen LogP contribution is -2.31. The van der Waals surface area contributed by atoms with Gasteiger partial charge in [0.2, 0.25) is 5.95 Å². The second-order valence-electron chi connectivity index (χ2n) is 7.08. The molecular weight excluding hydrogens is 376 g/mol. The molecule has 0 aromatic carbocycles. The normalized spacial score (nSPS) is 17.4. The Balaban J connectivity index is 1.31. The van der Waals surface area contributed by atoms with E-state index in [1.54, 1.807) is 23.1 Å². The number of anilines is 1. The first-order valence-electron chi connectivity index (χ1n) is 9.57. The molecule has 8 heteroatoms. The van der Waals surface area contributed by atoms with E-state index in [2.05, 4.69) is 30.0 Å². The van der Waals surface area contributed by atoms with Crippen LogP contribution in [0.15, 0.2) is 34.9 Å². The maximum Gasteiger partial charge on any atom is 0.228 e. The minimum Gasteiger partial charge on any atom is -0.341 e. The van der Waals surface area contributed by atoms with Crippen molar-refractivity contribution in [2.24, 2.45) is 0 Å². The summed E-state index contributed by atoms with van der Waals surface area (Å²) < 4.78 is 2.38. The molecule has 0 amide bonds. The van der Waals surface area contributed by atoms with Gasteiger partial charge in [0.25, 0.3) is 0 Å². The summed E-state index contributed by atoms with van der Waals surface area (Å²) >= 11 is 3.40. The molecule has 0 radical (unpaired) electrons. The summed E-state index contributed by atoms with van der Waals surface area (Å²) in [6.45, 7) is 2.21. The van der Waals surface area contributed by atoms with Crippen molar-refractivity contribution in [1.29, 1.82) is 0 Å². The zero-order valence-corrected chi connectivity index (χ0v) is 16.8. The van der Waals surface area contributed by atoms with E-state index in [9.17, 15) is 0 Å². The van der Waals surface area contributed by atoms with E-state index in [4.69, 9.17) is 4.98 Å². The van der Waals surface area contributed by atoms with E-state index in [1.165, 1.54) is 32.1 Å². The van der Waals surface area contributed by atoms with Crippen LogP contribution < -0.4 is 4.90 Å². The highest BCUT2D eigenvalue weighted by Gasteiger charge is 2.32. The fourth-order valence-corrected chi connectivity index (χ4v) is 5.24. The van der Waals surface area contributed by atoms with Crippen LogP contribution in [0, 0.1) is 0 Å². The molecule has 0 unspecified atom stereocenters. The molecule has 1 aliphatic carbocycles. The van der Waals surface area contributed by atoms with Gasteiger partial charge in [-0.15, -0.1) is 21.5 Å². The molecule has 1 saturated heterocycles. The van der Waals surface area contributed by atoms with Crippen molar-refractivity contribution in [2.75, 3.05) is 18.0 Å². The Hall–Kier alpha value is -1.93. The van der Waals surface area contributed by atoms with Crippen LogP contribution in [0.1, 0.15) is 43.8 Å². The average molecular weight is 399 g/mol. The third kappa shape index (κ3) is 3.73. The van der Waals surface area contributed by atoms with E-state index < -0.39 is 0 Å². The van der Waals surface area contributed by atoms with Crippen LogP contribution in [0.2, 0.25) is 0 Å². The molecule has 4 heterocycles. The predicted molar refractivity (Wildman–Crippen MR) is 109 cm³/mol. The van der Waals surface area contributed by atoms with Crippen molar-refractivity contribution in [1.82, 2.24) is 24.7 Å². The van der Waals surface area contributed by atoms with Gasteiger partial charge in [-0.1, -0.05) is 17.8 Å². The monoisotopic (exact) mass is 398 g/mol. The van der Waals surface area contributed by atoms with Crippen LogP contribution in [-0.4, -0.2) is 37.8 Å². The third-order valence-electron chi connectivity index (χ3n) is 4.98. The van der Waals surface area contributed by atoms with Gasteiger partial charge in [0.05, 0.1) is 11.4 Å². The summed E-state index contributed by atoms with van der Waals surface area (Å²) in [5.74, 6) is 1.89. The topological polar surface area (TPSA) is 59.7 Å². The van der Waals surface area contributed by atoms with Crippen molar-refractivity contribution in [3.05, 3.63) is 35.5 Å². The smallest absolute Gasteiger partial charge is 0.228 e. The second-order valence-corrected chi connectivity index (χ2v) is 8.88. The Morgan fingerprint density at radius 2 is 2.00 bits per heavy atom. The van der Waals surface area contributed by atoms with E-state index in [1.807, 2.05) is 24.4 Å². The predicted octanol–water partition coefficient (Wildman–Crippen LogP) is 4.41. The molecule has 0 N–H and O–H groups in total. The fourth-order valence-electron chi connectivity index (χ4n) is 3.45. The largest absolute Gasteiger partial charge is 0.341 e. The number of thiazole rings is 1. The number of pyridine rings is 1. The lowest BCUT2D eigenvalue weighted by molar-refractivity contribution is 0.548. The summed E-state index contributed by atoms with van der Waals surface area (Å²) in [5.41, 5.74) is 2.02. The number of hydrogen-bond donors (Lipinski definition) is 0. The summed E-state index contributed by atoms with van der Waals surface area (Å²) in [5, 5.41) is 13.2. The van der Waals surface area contributed by atoms with Gasteiger partial charge in [-0.05, 0) is 44.2 Å². The number of rotatable bonds is 6. The first kappa shape index (κ1) is 17.2. The van der Waals surface area contributed by atoms with Gasteiger partial charge >= 0.3 is 0 Å². The fraction of sp³-hybridized carbons (Fsp3) is 0.474. The summed E-state index contributed by atoms with van der Waals surface area (Å²) in [6.07, 6.45) is 8.15. The van der Waals surface area contributed by atoms with Crippen molar-refractivity contribution < 1.29 is 0 Å². The highest BCUT2D eigenvalue weighted by Crippen LogP contribution is 2.41. The van der Waals surface area contributed by atoms with E-state index in [0.717, 1.165) is 46.3 Å². The van der Waals surface area contributed by atoms with Gasteiger partial charge in [-0.2, -0.15) is 0 Å². The number of nitrogens with zero attached hydrogens (tertiary/aromatic N) is 6. The number of hydrogen-bond acceptors (Lipinski definition) is 7. The molecule has 3 aromatic heterocycles. The molecular formula is C19H22N6S2. The van der Waals surface area contributed by atoms with E-state index >= 15 is 0 Å². The van der Waals surface area contributed by atoms with E-state index in [0.29, 0.717) is 6.04 Å². The highest BCUT2D eigenvalue weighted by molar-refractivity contribution is 7.98. The van der Waals surface area contributed by atoms with Crippen molar-refractivity contribution in [3.8, 4) is 10.7 Å². The Morgan fingerprint density at radius 1 is 1.11 bits per heavy atom. The minimum absolute atomic E-state index is 0.582. The average Bonchev–Trinajstić information content (AvgIpc) is 3.30. The molecule has 5 rings (SSSR count). The Labute approximate surface area is 167 Å². The number of thioether (sulfide) groups is 1. The van der Waals surface area contributed by atoms with Gasteiger partial charge < -0.3 is 4.90 Å². The second kappa shape index (κ2) is 7.59. The van der Waals surface area contributed by atoms with Gasteiger partial charge in [0.15, 0.2) is 5.16 Å².